The quantitative estimate of drug-likeness (QED) is 0.509. The molecule has 1 aromatic rings. The van der Waals surface area contributed by atoms with Crippen LogP contribution in [0.2, 0.25) is 0 Å². The van der Waals surface area contributed by atoms with E-state index < -0.39 is 0 Å². The van der Waals surface area contributed by atoms with Crippen molar-refractivity contribution in [2.24, 2.45) is 0 Å². The van der Waals surface area contributed by atoms with Crippen LogP contribution in [0.5, 0.6) is 0 Å². The highest BCUT2D eigenvalue weighted by Crippen LogP contribution is 2.09. The zero-order valence-electron chi connectivity index (χ0n) is 5.95. The van der Waals surface area contributed by atoms with E-state index in [-0.39, 0.29) is 5.97 Å². The van der Waals surface area contributed by atoms with Crippen LogP contribution >= 0.6 is 11.3 Å². The first-order chi connectivity index (χ1) is 5.33. The summed E-state index contributed by atoms with van der Waals surface area (Å²) in [5.74, 6) is -0.262. The summed E-state index contributed by atoms with van der Waals surface area (Å²) in [5, 5.41) is 1.93. The monoisotopic (exact) mass is 168 g/mol. The molecule has 0 aliphatic heterocycles. The summed E-state index contributed by atoms with van der Waals surface area (Å²) in [6.45, 7) is 3.29. The van der Waals surface area contributed by atoms with E-state index in [1.807, 2.05) is 17.5 Å². The van der Waals surface area contributed by atoms with Crippen molar-refractivity contribution in [3.63, 3.8) is 0 Å². The summed E-state index contributed by atoms with van der Waals surface area (Å²) in [6, 6.07) is 3.80. The number of carbonyl (C=O) groups excluding carboxylic acids is 1. The van der Waals surface area contributed by atoms with Crippen LogP contribution in [-0.4, -0.2) is 5.97 Å². The molecule has 0 atom stereocenters. The van der Waals surface area contributed by atoms with Gasteiger partial charge in [-0.1, -0.05) is 12.6 Å². The Bertz CT molecular complexity index is 239. The molecule has 2 nitrogen and oxygen atoms in total. The summed E-state index contributed by atoms with van der Waals surface area (Å²) in [6.07, 6.45) is 1.49. The number of carbonyl (C=O) groups is 1. The van der Waals surface area contributed by atoms with E-state index in [4.69, 9.17) is 0 Å². The van der Waals surface area contributed by atoms with Gasteiger partial charge in [0.25, 0.3) is 0 Å². The Morgan fingerprint density at radius 1 is 1.82 bits per heavy atom. The summed E-state index contributed by atoms with van der Waals surface area (Å²) < 4.78 is 4.55. The molecule has 0 amide bonds. The third kappa shape index (κ3) is 2.55. The van der Waals surface area contributed by atoms with Crippen molar-refractivity contribution in [3.05, 3.63) is 35.2 Å². The molecule has 0 radical (unpaired) electrons. The van der Waals surface area contributed by atoms with E-state index in [1.54, 1.807) is 11.3 Å². The van der Waals surface area contributed by atoms with Crippen LogP contribution in [0, 0.1) is 0 Å². The van der Waals surface area contributed by atoms with Gasteiger partial charge < -0.3 is 4.74 Å². The number of rotatable bonds is 3. The van der Waals surface area contributed by atoms with Crippen molar-refractivity contribution in [2.75, 3.05) is 0 Å². The van der Waals surface area contributed by atoms with Crippen molar-refractivity contribution in [2.45, 2.75) is 6.42 Å². The first-order valence-corrected chi connectivity index (χ1v) is 4.03. The van der Waals surface area contributed by atoms with Gasteiger partial charge in [0.2, 0.25) is 0 Å². The maximum atomic E-state index is 10.8. The Balaban J connectivity index is 2.43. The second-order valence-electron chi connectivity index (χ2n) is 1.91. The summed E-state index contributed by atoms with van der Waals surface area (Å²) >= 11 is 1.54. The van der Waals surface area contributed by atoms with Gasteiger partial charge in [0.05, 0.1) is 12.7 Å². The van der Waals surface area contributed by atoms with Gasteiger partial charge in [-0.2, -0.15) is 0 Å². The number of ether oxygens (including phenoxy) is 1. The SMILES string of the molecule is C=COC(=O)Cc1cccs1. The fourth-order valence-corrected chi connectivity index (χ4v) is 1.38. The predicted molar refractivity (Wildman–Crippen MR) is 44.3 cm³/mol. The molecule has 1 heterocycles. The molecule has 1 aromatic heterocycles. The second-order valence-corrected chi connectivity index (χ2v) is 2.94. The van der Waals surface area contributed by atoms with E-state index in [0.29, 0.717) is 6.42 Å². The highest BCUT2D eigenvalue weighted by atomic mass is 32.1. The topological polar surface area (TPSA) is 26.3 Å². The van der Waals surface area contributed by atoms with Crippen LogP contribution in [-0.2, 0) is 16.0 Å². The highest BCUT2D eigenvalue weighted by Gasteiger charge is 2.02. The van der Waals surface area contributed by atoms with Gasteiger partial charge in [0, 0.05) is 4.88 Å². The lowest BCUT2D eigenvalue weighted by Crippen LogP contribution is -2.01. The zero-order chi connectivity index (χ0) is 8.10. The molecule has 0 fully saturated rings. The maximum Gasteiger partial charge on any atom is 0.315 e. The average molecular weight is 168 g/mol. The molecule has 0 saturated carbocycles. The molecule has 58 valence electrons. The van der Waals surface area contributed by atoms with Crippen molar-refractivity contribution < 1.29 is 9.53 Å². The average Bonchev–Trinajstić information content (AvgIpc) is 2.40. The Kier molecular flexibility index (Phi) is 2.86. The molecule has 0 aromatic carbocycles. The zero-order valence-corrected chi connectivity index (χ0v) is 6.76. The van der Waals surface area contributed by atoms with Crippen LogP contribution in [0.1, 0.15) is 4.88 Å². The van der Waals surface area contributed by atoms with Gasteiger partial charge in [-0.25, -0.2) is 0 Å². The van der Waals surface area contributed by atoms with Gasteiger partial charge in [-0.05, 0) is 11.4 Å². The molecule has 11 heavy (non-hydrogen) atoms. The Labute approximate surface area is 69.1 Å². The fraction of sp³-hybridized carbons (Fsp3) is 0.125. The van der Waals surface area contributed by atoms with Crippen molar-refractivity contribution in [3.8, 4) is 0 Å². The van der Waals surface area contributed by atoms with E-state index in [2.05, 4.69) is 11.3 Å². The summed E-state index contributed by atoms with van der Waals surface area (Å²) in [5.41, 5.74) is 0. The van der Waals surface area contributed by atoms with Crippen molar-refractivity contribution in [1.82, 2.24) is 0 Å². The molecule has 0 aliphatic carbocycles. The van der Waals surface area contributed by atoms with Crippen LogP contribution < -0.4 is 0 Å². The lowest BCUT2D eigenvalue weighted by Gasteiger charge is -1.94. The van der Waals surface area contributed by atoms with Crippen LogP contribution in [0.4, 0.5) is 0 Å². The standard InChI is InChI=1S/C8H8O2S/c1-2-10-8(9)6-7-4-3-5-11-7/h2-5H,1,6H2. The summed E-state index contributed by atoms with van der Waals surface area (Å²) in [4.78, 5) is 11.8. The molecule has 0 spiro atoms. The lowest BCUT2D eigenvalue weighted by molar-refractivity contribution is -0.137. The summed E-state index contributed by atoms with van der Waals surface area (Å²) in [7, 11) is 0. The highest BCUT2D eigenvalue weighted by molar-refractivity contribution is 7.10. The third-order valence-corrected chi connectivity index (χ3v) is 1.99. The van der Waals surface area contributed by atoms with E-state index >= 15 is 0 Å². The lowest BCUT2D eigenvalue weighted by atomic mass is 10.3. The molecule has 3 heteroatoms. The minimum Gasteiger partial charge on any atom is -0.435 e. The maximum absolute atomic E-state index is 10.8. The molecule has 0 N–H and O–H groups in total. The Hall–Kier alpha value is -1.09. The number of esters is 1. The largest absolute Gasteiger partial charge is 0.435 e. The minimum absolute atomic E-state index is 0.262. The number of hydrogen-bond donors (Lipinski definition) is 0. The van der Waals surface area contributed by atoms with Crippen LogP contribution in [0.25, 0.3) is 0 Å². The second kappa shape index (κ2) is 3.93. The molecular formula is C8H8O2S. The van der Waals surface area contributed by atoms with E-state index in [1.165, 1.54) is 0 Å². The Morgan fingerprint density at radius 3 is 3.18 bits per heavy atom. The first kappa shape index (κ1) is 8.01. The molecule has 0 aliphatic rings. The first-order valence-electron chi connectivity index (χ1n) is 3.15. The van der Waals surface area contributed by atoms with Gasteiger partial charge in [-0.15, -0.1) is 11.3 Å². The predicted octanol–water partition coefficient (Wildman–Crippen LogP) is 1.98. The van der Waals surface area contributed by atoms with Crippen molar-refractivity contribution in [1.29, 1.82) is 0 Å². The van der Waals surface area contributed by atoms with Gasteiger partial charge in [0.15, 0.2) is 0 Å². The molecule has 0 bridgehead atoms. The normalized spacial score (nSPS) is 9.09. The minimum atomic E-state index is -0.262. The van der Waals surface area contributed by atoms with Gasteiger partial charge in [0.1, 0.15) is 0 Å². The Morgan fingerprint density at radius 2 is 2.64 bits per heavy atom. The van der Waals surface area contributed by atoms with Crippen LogP contribution in [0.3, 0.4) is 0 Å². The third-order valence-electron chi connectivity index (χ3n) is 1.11. The van der Waals surface area contributed by atoms with E-state index in [9.17, 15) is 4.79 Å². The van der Waals surface area contributed by atoms with Gasteiger partial charge >= 0.3 is 5.97 Å². The van der Waals surface area contributed by atoms with E-state index in [0.717, 1.165) is 11.1 Å². The fourth-order valence-electron chi connectivity index (χ4n) is 0.690. The molecule has 0 saturated heterocycles. The molecule has 1 rings (SSSR count). The number of thiophene rings is 1. The smallest absolute Gasteiger partial charge is 0.315 e. The molecule has 0 unspecified atom stereocenters. The van der Waals surface area contributed by atoms with Gasteiger partial charge in [-0.3, -0.25) is 4.79 Å². The van der Waals surface area contributed by atoms with Crippen LogP contribution in [0.15, 0.2) is 30.4 Å². The number of hydrogen-bond acceptors (Lipinski definition) is 3. The molecular weight excluding hydrogens is 160 g/mol. The van der Waals surface area contributed by atoms with Crippen molar-refractivity contribution >= 4 is 17.3 Å².